The van der Waals surface area contributed by atoms with E-state index in [4.69, 9.17) is 0 Å². The molecule has 4 heteroatoms. The fraction of sp³-hybridized carbons (Fsp3) is 0.360. The fourth-order valence-corrected chi connectivity index (χ4v) is 3.78. The van der Waals surface area contributed by atoms with Crippen LogP contribution in [0.25, 0.3) is 5.76 Å². The molecule has 1 amide bonds. The van der Waals surface area contributed by atoms with E-state index in [1.165, 1.54) is 0 Å². The second-order valence-corrected chi connectivity index (χ2v) is 7.83. The van der Waals surface area contributed by atoms with Gasteiger partial charge in [0, 0.05) is 12.1 Å². The van der Waals surface area contributed by atoms with Crippen LogP contribution in [0, 0.1) is 13.8 Å². The van der Waals surface area contributed by atoms with E-state index in [0.29, 0.717) is 12.1 Å². The van der Waals surface area contributed by atoms with Crippen molar-refractivity contribution in [2.75, 3.05) is 6.54 Å². The molecule has 1 fully saturated rings. The van der Waals surface area contributed by atoms with Crippen molar-refractivity contribution in [3.63, 3.8) is 0 Å². The van der Waals surface area contributed by atoms with Crippen molar-refractivity contribution in [3.05, 3.63) is 76.4 Å². The average molecular weight is 392 g/mol. The number of aryl methyl sites for hydroxylation is 2. The number of rotatable bonds is 7. The van der Waals surface area contributed by atoms with Gasteiger partial charge in [0.1, 0.15) is 5.76 Å². The minimum atomic E-state index is -0.607. The zero-order valence-electron chi connectivity index (χ0n) is 17.4. The molecule has 3 rings (SSSR count). The summed E-state index contributed by atoms with van der Waals surface area (Å²) in [5, 5.41) is 11.0. The van der Waals surface area contributed by atoms with E-state index in [1.54, 1.807) is 17.0 Å². The lowest BCUT2D eigenvalue weighted by Gasteiger charge is -2.25. The van der Waals surface area contributed by atoms with E-state index < -0.39 is 17.7 Å². The molecule has 1 N–H and O–H groups in total. The van der Waals surface area contributed by atoms with Crippen LogP contribution in [0.15, 0.2) is 54.1 Å². The molecule has 0 saturated carbocycles. The van der Waals surface area contributed by atoms with Crippen LogP contribution in [0.2, 0.25) is 0 Å². The predicted molar refractivity (Wildman–Crippen MR) is 116 cm³/mol. The smallest absolute Gasteiger partial charge is 0.295 e. The maximum Gasteiger partial charge on any atom is 0.295 e. The number of hydrogen-bond donors (Lipinski definition) is 1. The lowest BCUT2D eigenvalue weighted by atomic mass is 9.94. The van der Waals surface area contributed by atoms with Crippen molar-refractivity contribution >= 4 is 17.4 Å². The van der Waals surface area contributed by atoms with Gasteiger partial charge < -0.3 is 10.0 Å². The number of carbonyl (C=O) groups is 2. The molecule has 2 aromatic rings. The van der Waals surface area contributed by atoms with E-state index in [-0.39, 0.29) is 11.3 Å². The molecule has 1 atom stereocenters. The average Bonchev–Trinajstić information content (AvgIpc) is 2.96. The van der Waals surface area contributed by atoms with Crippen molar-refractivity contribution < 1.29 is 14.7 Å². The molecule has 1 aliphatic rings. The van der Waals surface area contributed by atoms with Gasteiger partial charge in [-0.25, -0.2) is 0 Å². The fourth-order valence-electron chi connectivity index (χ4n) is 3.78. The van der Waals surface area contributed by atoms with Gasteiger partial charge >= 0.3 is 0 Å². The summed E-state index contributed by atoms with van der Waals surface area (Å²) < 4.78 is 0. The zero-order chi connectivity index (χ0) is 21.0. The molecule has 1 saturated heterocycles. The SMILES string of the molecule is CCCCCCN1C(=O)C(=O)/C(=C(/O)c2ccc(C)cc2)C1c1ccc(C)cc1. The topological polar surface area (TPSA) is 57.6 Å². The minimum Gasteiger partial charge on any atom is -0.507 e. The molecule has 0 bridgehead atoms. The Hall–Kier alpha value is -2.88. The number of aliphatic hydroxyl groups is 1. The van der Waals surface area contributed by atoms with E-state index in [9.17, 15) is 14.7 Å². The highest BCUT2D eigenvalue weighted by molar-refractivity contribution is 6.46. The van der Waals surface area contributed by atoms with Crippen molar-refractivity contribution in [2.24, 2.45) is 0 Å². The van der Waals surface area contributed by atoms with Crippen LogP contribution in [0.5, 0.6) is 0 Å². The molecule has 29 heavy (non-hydrogen) atoms. The lowest BCUT2D eigenvalue weighted by Crippen LogP contribution is -2.30. The first kappa shape index (κ1) is 20.8. The van der Waals surface area contributed by atoms with Gasteiger partial charge in [0.2, 0.25) is 0 Å². The second-order valence-electron chi connectivity index (χ2n) is 7.83. The summed E-state index contributed by atoms with van der Waals surface area (Å²) in [6, 6.07) is 14.6. The Labute approximate surface area is 172 Å². The third kappa shape index (κ3) is 4.42. The molecular formula is C25H29NO3. The number of nitrogens with zero attached hydrogens (tertiary/aromatic N) is 1. The molecule has 1 aliphatic heterocycles. The zero-order valence-corrected chi connectivity index (χ0v) is 17.4. The summed E-state index contributed by atoms with van der Waals surface area (Å²) in [5.41, 5.74) is 3.74. The van der Waals surface area contributed by atoms with Gasteiger partial charge in [-0.3, -0.25) is 9.59 Å². The number of hydrogen-bond acceptors (Lipinski definition) is 3. The molecule has 2 aromatic carbocycles. The highest BCUT2D eigenvalue weighted by Gasteiger charge is 2.45. The Balaban J connectivity index is 2.05. The maximum atomic E-state index is 12.9. The van der Waals surface area contributed by atoms with Crippen LogP contribution in [0.1, 0.15) is 60.9 Å². The number of amides is 1. The van der Waals surface area contributed by atoms with Gasteiger partial charge in [-0.1, -0.05) is 85.8 Å². The van der Waals surface area contributed by atoms with Crippen LogP contribution >= 0.6 is 0 Å². The van der Waals surface area contributed by atoms with Gasteiger partial charge in [0.25, 0.3) is 11.7 Å². The Bertz CT molecular complexity index is 910. The molecule has 4 nitrogen and oxygen atoms in total. The Kier molecular flexibility index (Phi) is 6.53. The molecule has 1 heterocycles. The number of unbranched alkanes of at least 4 members (excludes halogenated alkanes) is 3. The van der Waals surface area contributed by atoms with Crippen LogP contribution in [0.3, 0.4) is 0 Å². The van der Waals surface area contributed by atoms with Crippen LogP contribution in [0.4, 0.5) is 0 Å². The van der Waals surface area contributed by atoms with Crippen molar-refractivity contribution in [2.45, 2.75) is 52.5 Å². The molecule has 152 valence electrons. The van der Waals surface area contributed by atoms with Gasteiger partial charge in [0.05, 0.1) is 11.6 Å². The Morgan fingerprint density at radius 2 is 1.48 bits per heavy atom. The number of carbonyl (C=O) groups excluding carboxylic acids is 2. The molecular weight excluding hydrogens is 362 g/mol. The first-order chi connectivity index (χ1) is 13.9. The third-order valence-corrected chi connectivity index (χ3v) is 5.51. The largest absolute Gasteiger partial charge is 0.507 e. The van der Waals surface area contributed by atoms with E-state index in [1.807, 2.05) is 50.2 Å². The van der Waals surface area contributed by atoms with Crippen LogP contribution < -0.4 is 0 Å². The lowest BCUT2D eigenvalue weighted by molar-refractivity contribution is -0.139. The van der Waals surface area contributed by atoms with Crippen molar-refractivity contribution in [3.8, 4) is 0 Å². The summed E-state index contributed by atoms with van der Waals surface area (Å²) >= 11 is 0. The van der Waals surface area contributed by atoms with Crippen molar-refractivity contribution in [1.82, 2.24) is 4.90 Å². The number of Topliss-reactive ketones (excluding diaryl/α,β-unsaturated/α-hetero) is 1. The number of benzene rings is 2. The summed E-state index contributed by atoms with van der Waals surface area (Å²) in [6.07, 6.45) is 4.06. The summed E-state index contributed by atoms with van der Waals surface area (Å²) in [5.74, 6) is -1.24. The van der Waals surface area contributed by atoms with Crippen LogP contribution in [-0.4, -0.2) is 28.2 Å². The molecule has 0 aliphatic carbocycles. The quantitative estimate of drug-likeness (QED) is 0.301. The second kappa shape index (κ2) is 9.08. The molecule has 0 aromatic heterocycles. The first-order valence-electron chi connectivity index (χ1n) is 10.4. The first-order valence-corrected chi connectivity index (χ1v) is 10.4. The monoisotopic (exact) mass is 391 g/mol. The Morgan fingerprint density at radius 3 is 2.07 bits per heavy atom. The maximum absolute atomic E-state index is 12.9. The standard InChI is InChI=1S/C25H29NO3/c1-4-5-6-7-16-26-22(19-12-8-17(2)9-13-19)21(24(28)25(26)29)23(27)20-14-10-18(3)11-15-20/h8-15,22,27H,4-7,16H2,1-3H3/b23-21+. The van der Waals surface area contributed by atoms with Crippen LogP contribution in [-0.2, 0) is 9.59 Å². The highest BCUT2D eigenvalue weighted by atomic mass is 16.3. The number of likely N-dealkylation sites (tertiary alicyclic amines) is 1. The minimum absolute atomic E-state index is 0.106. The van der Waals surface area contributed by atoms with Crippen molar-refractivity contribution in [1.29, 1.82) is 0 Å². The van der Waals surface area contributed by atoms with Gasteiger partial charge in [-0.05, 0) is 25.8 Å². The summed E-state index contributed by atoms with van der Waals surface area (Å²) in [4.78, 5) is 27.4. The summed E-state index contributed by atoms with van der Waals surface area (Å²) in [6.45, 7) is 6.61. The number of ketones is 1. The third-order valence-electron chi connectivity index (χ3n) is 5.51. The van der Waals surface area contributed by atoms with E-state index in [0.717, 1.165) is 42.4 Å². The molecule has 0 spiro atoms. The predicted octanol–water partition coefficient (Wildman–Crippen LogP) is 5.31. The summed E-state index contributed by atoms with van der Waals surface area (Å²) in [7, 11) is 0. The van der Waals surface area contributed by atoms with Gasteiger partial charge in [-0.15, -0.1) is 0 Å². The normalized spacial score (nSPS) is 18.4. The number of aliphatic hydroxyl groups excluding tert-OH is 1. The van der Waals surface area contributed by atoms with E-state index >= 15 is 0 Å². The molecule has 1 unspecified atom stereocenters. The Morgan fingerprint density at radius 1 is 0.897 bits per heavy atom. The van der Waals surface area contributed by atoms with E-state index in [2.05, 4.69) is 6.92 Å². The molecule has 0 radical (unpaired) electrons. The van der Waals surface area contributed by atoms with Gasteiger partial charge in [-0.2, -0.15) is 0 Å². The van der Waals surface area contributed by atoms with Gasteiger partial charge in [0.15, 0.2) is 0 Å². The highest BCUT2D eigenvalue weighted by Crippen LogP contribution is 2.39.